The van der Waals surface area contributed by atoms with E-state index in [1.54, 1.807) is 0 Å². The molecule has 1 aliphatic rings. The van der Waals surface area contributed by atoms with Gasteiger partial charge in [-0.15, -0.1) is 0 Å². The van der Waals surface area contributed by atoms with Crippen molar-refractivity contribution in [3.8, 4) is 11.5 Å². The average Bonchev–Trinajstić information content (AvgIpc) is 3.25. The summed E-state index contributed by atoms with van der Waals surface area (Å²) in [5, 5.41) is 11.2. The van der Waals surface area contributed by atoms with Crippen molar-refractivity contribution in [1.82, 2.24) is 9.78 Å². The molecule has 1 aromatic heterocycles. The Morgan fingerprint density at radius 3 is 2.85 bits per heavy atom. The van der Waals surface area contributed by atoms with E-state index in [-0.39, 0.29) is 6.79 Å². The molecule has 2 heterocycles. The van der Waals surface area contributed by atoms with Crippen LogP contribution in [0.5, 0.6) is 11.5 Å². The number of hydrogen-bond donors (Lipinski definition) is 2. The van der Waals surface area contributed by atoms with Crippen LogP contribution in [0.2, 0.25) is 0 Å². The van der Waals surface area contributed by atoms with Crippen LogP contribution < -0.4 is 20.1 Å². The van der Waals surface area contributed by atoms with Crippen LogP contribution in [0.15, 0.2) is 54.7 Å². The highest BCUT2D eigenvalue weighted by Crippen LogP contribution is 2.34. The smallest absolute Gasteiger partial charge is 0.231 e. The van der Waals surface area contributed by atoms with E-state index in [0.29, 0.717) is 16.7 Å². The van der Waals surface area contributed by atoms with Crippen molar-refractivity contribution < 1.29 is 9.47 Å². The van der Waals surface area contributed by atoms with E-state index in [1.165, 1.54) is 11.1 Å². The number of hydrogen-bond acceptors (Lipinski definition) is 4. The van der Waals surface area contributed by atoms with E-state index in [2.05, 4.69) is 34.8 Å². The molecule has 0 saturated carbocycles. The molecule has 6 nitrogen and oxygen atoms in total. The zero-order chi connectivity index (χ0) is 17.9. The summed E-state index contributed by atoms with van der Waals surface area (Å²) in [6.45, 7) is 3.07. The van der Waals surface area contributed by atoms with Crippen LogP contribution in [0.1, 0.15) is 11.1 Å². The monoisotopic (exact) mass is 366 g/mol. The van der Waals surface area contributed by atoms with Crippen LogP contribution in [0.4, 0.5) is 11.5 Å². The van der Waals surface area contributed by atoms with E-state index in [1.807, 2.05) is 47.3 Å². The second-order valence-corrected chi connectivity index (χ2v) is 6.38. The molecule has 0 saturated heterocycles. The third-order valence-electron chi connectivity index (χ3n) is 4.11. The zero-order valence-corrected chi connectivity index (χ0v) is 15.0. The Kier molecular flexibility index (Phi) is 4.45. The molecule has 0 unspecified atom stereocenters. The highest BCUT2D eigenvalue weighted by Gasteiger charge is 2.13. The number of aromatic nitrogens is 2. The van der Waals surface area contributed by atoms with Crippen LogP contribution >= 0.6 is 12.2 Å². The van der Waals surface area contributed by atoms with Crippen molar-refractivity contribution >= 4 is 28.8 Å². The summed E-state index contributed by atoms with van der Waals surface area (Å²) >= 11 is 5.36. The second-order valence-electron chi connectivity index (χ2n) is 5.97. The standard InChI is InChI=1S/C19H18N4O2S/c1-13-4-2-3-5-14(13)11-23-9-8-18(22-23)21-19(26)20-15-6-7-16-17(10-15)25-12-24-16/h2-10H,11-12H2,1H3,(H2,20,21,22,26). The predicted octanol–water partition coefficient (Wildman–Crippen LogP) is 3.78. The number of ether oxygens (including phenoxy) is 2. The zero-order valence-electron chi connectivity index (χ0n) is 14.2. The van der Waals surface area contributed by atoms with Crippen molar-refractivity contribution in [2.75, 3.05) is 17.4 Å². The van der Waals surface area contributed by atoms with Gasteiger partial charge in [-0.3, -0.25) is 4.68 Å². The number of thiocarbonyl (C=S) groups is 1. The molecule has 4 rings (SSSR count). The molecule has 0 fully saturated rings. The maximum atomic E-state index is 5.37. The minimum absolute atomic E-state index is 0.250. The van der Waals surface area contributed by atoms with Crippen LogP contribution in [-0.4, -0.2) is 21.7 Å². The highest BCUT2D eigenvalue weighted by atomic mass is 32.1. The molecule has 0 radical (unpaired) electrons. The van der Waals surface area contributed by atoms with Gasteiger partial charge in [0.25, 0.3) is 0 Å². The Hall–Kier alpha value is -3.06. The third kappa shape index (κ3) is 3.62. The lowest BCUT2D eigenvalue weighted by Gasteiger charge is -2.09. The van der Waals surface area contributed by atoms with E-state index >= 15 is 0 Å². The SMILES string of the molecule is Cc1ccccc1Cn1ccc(NC(=S)Nc2ccc3c(c2)OCO3)n1. The van der Waals surface area contributed by atoms with Crippen LogP contribution in [0.25, 0.3) is 0 Å². The number of anilines is 2. The number of aryl methyl sites for hydroxylation is 1. The van der Waals surface area contributed by atoms with Crippen molar-refractivity contribution in [3.63, 3.8) is 0 Å². The fourth-order valence-electron chi connectivity index (χ4n) is 2.73. The Bertz CT molecular complexity index is 954. The summed E-state index contributed by atoms with van der Waals surface area (Å²) in [6, 6.07) is 15.8. The van der Waals surface area contributed by atoms with Gasteiger partial charge in [-0.1, -0.05) is 24.3 Å². The minimum atomic E-state index is 0.250. The predicted molar refractivity (Wildman–Crippen MR) is 105 cm³/mol. The minimum Gasteiger partial charge on any atom is -0.454 e. The lowest BCUT2D eigenvalue weighted by atomic mass is 10.1. The first-order valence-corrected chi connectivity index (χ1v) is 8.64. The Labute approximate surface area is 156 Å². The molecular formula is C19H18N4O2S. The van der Waals surface area contributed by atoms with E-state index in [0.717, 1.165) is 18.0 Å². The molecule has 3 aromatic rings. The van der Waals surface area contributed by atoms with Gasteiger partial charge < -0.3 is 20.1 Å². The average molecular weight is 366 g/mol. The molecule has 0 spiro atoms. The molecule has 132 valence electrons. The third-order valence-corrected chi connectivity index (χ3v) is 4.31. The van der Waals surface area contributed by atoms with Gasteiger partial charge in [0.2, 0.25) is 6.79 Å². The summed E-state index contributed by atoms with van der Waals surface area (Å²) in [5.74, 6) is 2.14. The summed E-state index contributed by atoms with van der Waals surface area (Å²) in [4.78, 5) is 0. The van der Waals surface area contributed by atoms with Gasteiger partial charge in [0.05, 0.1) is 6.54 Å². The lowest BCUT2D eigenvalue weighted by Crippen LogP contribution is -2.19. The first kappa shape index (κ1) is 16.4. The van der Waals surface area contributed by atoms with Gasteiger partial charge in [-0.2, -0.15) is 5.10 Å². The molecule has 0 atom stereocenters. The fourth-order valence-corrected chi connectivity index (χ4v) is 2.95. The van der Waals surface area contributed by atoms with Gasteiger partial charge >= 0.3 is 0 Å². The van der Waals surface area contributed by atoms with Gasteiger partial charge in [-0.25, -0.2) is 0 Å². The summed E-state index contributed by atoms with van der Waals surface area (Å²) in [7, 11) is 0. The highest BCUT2D eigenvalue weighted by molar-refractivity contribution is 7.80. The van der Waals surface area contributed by atoms with Gasteiger partial charge in [0, 0.05) is 24.0 Å². The number of nitrogens with zero attached hydrogens (tertiary/aromatic N) is 2. The fraction of sp³-hybridized carbons (Fsp3) is 0.158. The Morgan fingerprint density at radius 2 is 1.96 bits per heavy atom. The van der Waals surface area contributed by atoms with E-state index in [4.69, 9.17) is 21.7 Å². The topological polar surface area (TPSA) is 60.3 Å². The van der Waals surface area contributed by atoms with Crippen LogP contribution in [-0.2, 0) is 6.54 Å². The molecular weight excluding hydrogens is 348 g/mol. The van der Waals surface area contributed by atoms with Crippen LogP contribution in [0.3, 0.4) is 0 Å². The first-order valence-electron chi connectivity index (χ1n) is 8.23. The van der Waals surface area contributed by atoms with E-state index in [9.17, 15) is 0 Å². The Balaban J connectivity index is 1.38. The molecule has 0 bridgehead atoms. The molecule has 2 aromatic carbocycles. The normalized spacial score (nSPS) is 12.0. The van der Waals surface area contributed by atoms with Gasteiger partial charge in [0.1, 0.15) is 0 Å². The van der Waals surface area contributed by atoms with Crippen molar-refractivity contribution in [2.24, 2.45) is 0 Å². The second kappa shape index (κ2) is 7.05. The van der Waals surface area contributed by atoms with Gasteiger partial charge in [-0.05, 0) is 42.4 Å². The number of benzene rings is 2. The maximum absolute atomic E-state index is 5.37. The number of nitrogens with one attached hydrogen (secondary N) is 2. The lowest BCUT2D eigenvalue weighted by molar-refractivity contribution is 0.174. The van der Waals surface area contributed by atoms with Crippen molar-refractivity contribution in [1.29, 1.82) is 0 Å². The summed E-state index contributed by atoms with van der Waals surface area (Å²) < 4.78 is 12.6. The first-order chi connectivity index (χ1) is 12.7. The van der Waals surface area contributed by atoms with Crippen LogP contribution in [0, 0.1) is 6.92 Å². The molecule has 0 amide bonds. The molecule has 7 heteroatoms. The molecule has 0 aliphatic carbocycles. The molecule has 1 aliphatic heterocycles. The summed E-state index contributed by atoms with van der Waals surface area (Å²) in [5.41, 5.74) is 3.31. The summed E-state index contributed by atoms with van der Waals surface area (Å²) in [6.07, 6.45) is 1.93. The van der Waals surface area contributed by atoms with Crippen molar-refractivity contribution in [2.45, 2.75) is 13.5 Å². The quantitative estimate of drug-likeness (QED) is 0.686. The molecule has 26 heavy (non-hydrogen) atoms. The van der Waals surface area contributed by atoms with Crippen molar-refractivity contribution in [3.05, 3.63) is 65.9 Å². The molecule has 2 N–H and O–H groups in total. The largest absolute Gasteiger partial charge is 0.454 e. The number of rotatable bonds is 4. The number of fused-ring (bicyclic) bond motifs is 1. The maximum Gasteiger partial charge on any atom is 0.231 e. The van der Waals surface area contributed by atoms with Gasteiger partial charge in [0.15, 0.2) is 22.4 Å². The Morgan fingerprint density at radius 1 is 1.12 bits per heavy atom. The van der Waals surface area contributed by atoms with E-state index < -0.39 is 0 Å².